The number of nitrogens with one attached hydrogen (secondary N) is 1. The molecular weight excluding hydrogens is 158 g/mol. The molecule has 1 N–H and O–H groups in total. The summed E-state index contributed by atoms with van der Waals surface area (Å²) in [6.45, 7) is 2.01. The number of aryl methyl sites for hydroxylation is 1. The van der Waals surface area contributed by atoms with Gasteiger partial charge in [0.25, 0.3) is 0 Å². The van der Waals surface area contributed by atoms with Gasteiger partial charge in [0.05, 0.1) is 12.0 Å². The highest BCUT2D eigenvalue weighted by atomic mass is 32.2. The number of fused-ring (bicyclic) bond motifs is 1. The van der Waals surface area contributed by atoms with E-state index >= 15 is 0 Å². The Kier molecular flexibility index (Phi) is 1.54. The first kappa shape index (κ1) is 6.67. The third-order valence-electron chi connectivity index (χ3n) is 1.38. The normalized spacial score (nSPS) is 13.9. The zero-order chi connectivity index (χ0) is 7.68. The summed E-state index contributed by atoms with van der Waals surface area (Å²) in [6.07, 6.45) is 3.52. The smallest absolute Gasteiger partial charge is 0.142 e. The molecule has 0 atom stereocenters. The molecule has 0 aliphatic carbocycles. The van der Waals surface area contributed by atoms with Crippen LogP contribution in [0, 0.1) is 6.92 Å². The van der Waals surface area contributed by atoms with Gasteiger partial charge in [0.1, 0.15) is 5.03 Å². The van der Waals surface area contributed by atoms with Gasteiger partial charge in [-0.25, -0.2) is 9.98 Å². The lowest BCUT2D eigenvalue weighted by Gasteiger charge is -2.08. The number of hydrogen-bond acceptors (Lipinski definition) is 4. The van der Waals surface area contributed by atoms with E-state index in [9.17, 15) is 0 Å². The quantitative estimate of drug-likeness (QED) is 0.594. The van der Waals surface area contributed by atoms with Crippen molar-refractivity contribution in [2.75, 3.05) is 0 Å². The largest absolute Gasteiger partial charge is 0.315 e. The van der Waals surface area contributed by atoms with E-state index in [1.807, 2.05) is 19.2 Å². The lowest BCUT2D eigenvalue weighted by atomic mass is 10.3. The van der Waals surface area contributed by atoms with Gasteiger partial charge >= 0.3 is 0 Å². The zero-order valence-corrected chi connectivity index (χ0v) is 6.85. The van der Waals surface area contributed by atoms with Crippen molar-refractivity contribution in [2.45, 2.75) is 11.9 Å². The summed E-state index contributed by atoms with van der Waals surface area (Å²) in [5, 5.41) is 0.943. The fraction of sp³-hybridized carbons (Fsp3) is 0.143. The minimum Gasteiger partial charge on any atom is -0.315 e. The number of aromatic nitrogens is 1. The van der Waals surface area contributed by atoms with Crippen molar-refractivity contribution in [3.63, 3.8) is 0 Å². The van der Waals surface area contributed by atoms with Gasteiger partial charge in [0, 0.05) is 18.1 Å². The molecule has 0 amide bonds. The molecule has 2 rings (SSSR count). The summed E-state index contributed by atoms with van der Waals surface area (Å²) in [5.41, 5.74) is 2.09. The third-order valence-corrected chi connectivity index (χ3v) is 2.11. The van der Waals surface area contributed by atoms with Crippen LogP contribution in [0.1, 0.15) is 5.56 Å². The number of rotatable bonds is 0. The average Bonchev–Trinajstić information content (AvgIpc) is 2.04. The molecule has 0 radical (unpaired) electrons. The van der Waals surface area contributed by atoms with Gasteiger partial charge in [0.2, 0.25) is 0 Å². The van der Waals surface area contributed by atoms with Crippen LogP contribution in [0.15, 0.2) is 22.3 Å². The van der Waals surface area contributed by atoms with Gasteiger partial charge in [-0.1, -0.05) is 0 Å². The molecule has 3 nitrogen and oxygen atoms in total. The van der Waals surface area contributed by atoms with E-state index in [4.69, 9.17) is 0 Å². The topological polar surface area (TPSA) is 37.3 Å². The Labute approximate surface area is 69.1 Å². The van der Waals surface area contributed by atoms with Crippen LogP contribution in [0.2, 0.25) is 0 Å². The van der Waals surface area contributed by atoms with Crippen molar-refractivity contribution >= 4 is 24.0 Å². The van der Waals surface area contributed by atoms with Crippen molar-refractivity contribution in [3.05, 3.63) is 17.8 Å². The summed E-state index contributed by atoms with van der Waals surface area (Å²) in [6, 6.07) is 2.02. The van der Waals surface area contributed by atoms with Gasteiger partial charge in [-0.05, 0) is 18.6 Å². The number of pyridine rings is 1. The van der Waals surface area contributed by atoms with E-state index in [2.05, 4.69) is 14.7 Å². The lowest BCUT2D eigenvalue weighted by molar-refractivity contribution is 1.09. The Bertz CT molecular complexity index is 309. The highest BCUT2D eigenvalue weighted by molar-refractivity contribution is 7.98. The van der Waals surface area contributed by atoms with Crippen LogP contribution >= 0.6 is 11.9 Å². The summed E-state index contributed by atoms with van der Waals surface area (Å²) >= 11 is 1.49. The summed E-state index contributed by atoms with van der Waals surface area (Å²) < 4.78 is 2.92. The molecule has 56 valence electrons. The van der Waals surface area contributed by atoms with Gasteiger partial charge < -0.3 is 4.72 Å². The maximum absolute atomic E-state index is 4.21. The van der Waals surface area contributed by atoms with Crippen LogP contribution in [0.3, 0.4) is 0 Å². The Morgan fingerprint density at radius 3 is 3.36 bits per heavy atom. The molecule has 1 aliphatic heterocycles. The zero-order valence-electron chi connectivity index (χ0n) is 6.03. The fourth-order valence-electron chi connectivity index (χ4n) is 0.890. The number of nitrogens with zero attached hydrogens (tertiary/aromatic N) is 2. The van der Waals surface area contributed by atoms with E-state index in [0.717, 1.165) is 16.3 Å². The van der Waals surface area contributed by atoms with Crippen molar-refractivity contribution in [1.82, 2.24) is 9.71 Å². The molecule has 0 fully saturated rings. The highest BCUT2D eigenvalue weighted by Gasteiger charge is 2.06. The van der Waals surface area contributed by atoms with E-state index in [1.54, 1.807) is 6.34 Å². The Morgan fingerprint density at radius 2 is 2.45 bits per heavy atom. The lowest BCUT2D eigenvalue weighted by Crippen LogP contribution is -2.03. The maximum Gasteiger partial charge on any atom is 0.142 e. The van der Waals surface area contributed by atoms with Gasteiger partial charge in [-0.3, -0.25) is 0 Å². The first-order chi connectivity index (χ1) is 5.36. The molecule has 0 saturated carbocycles. The molecule has 0 spiro atoms. The second kappa shape index (κ2) is 2.54. The molecule has 11 heavy (non-hydrogen) atoms. The predicted octanol–water partition coefficient (Wildman–Crippen LogP) is 1.66. The summed E-state index contributed by atoms with van der Waals surface area (Å²) in [7, 11) is 0. The average molecular weight is 165 g/mol. The van der Waals surface area contributed by atoms with E-state index in [1.165, 1.54) is 11.9 Å². The summed E-state index contributed by atoms with van der Waals surface area (Å²) in [4.78, 5) is 8.34. The van der Waals surface area contributed by atoms with Crippen molar-refractivity contribution in [3.8, 4) is 0 Å². The van der Waals surface area contributed by atoms with Crippen molar-refractivity contribution in [2.24, 2.45) is 4.99 Å². The van der Waals surface area contributed by atoms with Gasteiger partial charge in [-0.15, -0.1) is 0 Å². The fourth-order valence-corrected chi connectivity index (χ4v) is 1.43. The van der Waals surface area contributed by atoms with Gasteiger partial charge in [0.15, 0.2) is 0 Å². The van der Waals surface area contributed by atoms with Crippen LogP contribution in [0.5, 0.6) is 0 Å². The standard InChI is InChI=1S/C7H7N3S/c1-5-2-6-7(8-3-5)11-10-4-9-6/h2-4H,1H3,(H,9,10). The highest BCUT2D eigenvalue weighted by Crippen LogP contribution is 2.27. The molecule has 4 heteroatoms. The van der Waals surface area contributed by atoms with Crippen LogP contribution in [0.4, 0.5) is 5.69 Å². The molecule has 0 unspecified atom stereocenters. The van der Waals surface area contributed by atoms with Crippen LogP contribution in [-0.4, -0.2) is 11.3 Å². The molecule has 1 aromatic rings. The van der Waals surface area contributed by atoms with Crippen LogP contribution < -0.4 is 4.72 Å². The molecule has 0 aromatic carbocycles. The van der Waals surface area contributed by atoms with Crippen molar-refractivity contribution in [1.29, 1.82) is 0 Å². The SMILES string of the molecule is Cc1cnc2c(c1)N=CNS2. The van der Waals surface area contributed by atoms with E-state index < -0.39 is 0 Å². The second-order valence-corrected chi connectivity index (χ2v) is 3.14. The predicted molar refractivity (Wildman–Crippen MR) is 46.1 cm³/mol. The molecule has 0 bridgehead atoms. The van der Waals surface area contributed by atoms with Crippen LogP contribution in [-0.2, 0) is 0 Å². The molecular formula is C7H7N3S. The monoisotopic (exact) mass is 165 g/mol. The number of hydrogen-bond donors (Lipinski definition) is 1. The number of aliphatic imine (C=N–C) groups is 1. The Morgan fingerprint density at radius 1 is 1.55 bits per heavy atom. The first-order valence-electron chi connectivity index (χ1n) is 3.28. The minimum atomic E-state index is 0.943. The maximum atomic E-state index is 4.21. The first-order valence-corrected chi connectivity index (χ1v) is 4.09. The third kappa shape index (κ3) is 1.21. The summed E-state index contributed by atoms with van der Waals surface area (Å²) in [5.74, 6) is 0. The second-order valence-electron chi connectivity index (χ2n) is 2.32. The Balaban J connectivity index is 2.54. The van der Waals surface area contributed by atoms with E-state index in [0.29, 0.717) is 0 Å². The van der Waals surface area contributed by atoms with E-state index in [-0.39, 0.29) is 0 Å². The Hall–Kier alpha value is -1.03. The van der Waals surface area contributed by atoms with Crippen molar-refractivity contribution < 1.29 is 0 Å². The molecule has 1 aromatic heterocycles. The molecule has 2 heterocycles. The molecule has 0 saturated heterocycles. The molecule has 1 aliphatic rings. The minimum absolute atomic E-state index is 0.943. The van der Waals surface area contributed by atoms with Crippen LogP contribution in [0.25, 0.3) is 0 Å². The van der Waals surface area contributed by atoms with Gasteiger partial charge in [-0.2, -0.15) is 0 Å².